The van der Waals surface area contributed by atoms with Crippen LogP contribution >= 0.6 is 0 Å². The minimum absolute atomic E-state index is 0.731. The van der Waals surface area contributed by atoms with Gasteiger partial charge in [0.25, 0.3) is 0 Å². The van der Waals surface area contributed by atoms with Crippen LogP contribution in [0.15, 0.2) is 0 Å². The van der Waals surface area contributed by atoms with Gasteiger partial charge in [-0.1, -0.05) is 0 Å². The summed E-state index contributed by atoms with van der Waals surface area (Å²) in [5.74, 6) is 0.887. The zero-order valence-corrected chi connectivity index (χ0v) is 8.55. The third-order valence-corrected chi connectivity index (χ3v) is 3.39. The summed E-state index contributed by atoms with van der Waals surface area (Å²) >= 11 is 0. The highest BCUT2D eigenvalue weighted by Crippen LogP contribution is 2.16. The molecule has 2 saturated heterocycles. The van der Waals surface area contributed by atoms with E-state index in [4.69, 9.17) is 0 Å². The van der Waals surface area contributed by atoms with Gasteiger partial charge in [-0.25, -0.2) is 0 Å². The summed E-state index contributed by atoms with van der Waals surface area (Å²) in [5, 5.41) is 6.91. The van der Waals surface area contributed by atoms with Crippen molar-refractivity contribution >= 4 is 0 Å². The van der Waals surface area contributed by atoms with Gasteiger partial charge in [0.2, 0.25) is 0 Å². The van der Waals surface area contributed by atoms with Crippen molar-refractivity contribution in [1.29, 1.82) is 0 Å². The third kappa shape index (κ3) is 2.42. The Hall–Kier alpha value is -0.120. The fraction of sp³-hybridized carbons (Fsp3) is 1.00. The Bertz CT molecular complexity index is 154. The molecule has 2 aliphatic rings. The van der Waals surface area contributed by atoms with Crippen molar-refractivity contribution in [2.75, 3.05) is 39.3 Å². The monoisotopic (exact) mass is 183 g/mol. The van der Waals surface area contributed by atoms with E-state index in [9.17, 15) is 0 Å². The van der Waals surface area contributed by atoms with Crippen molar-refractivity contribution in [3.05, 3.63) is 0 Å². The average molecular weight is 183 g/mol. The average Bonchev–Trinajstić information content (AvgIpc) is 2.54. The van der Waals surface area contributed by atoms with Crippen LogP contribution in [0, 0.1) is 5.92 Å². The van der Waals surface area contributed by atoms with E-state index in [1.54, 1.807) is 0 Å². The molecule has 0 aromatic rings. The van der Waals surface area contributed by atoms with E-state index in [-0.39, 0.29) is 0 Å². The fourth-order valence-electron chi connectivity index (χ4n) is 2.39. The van der Waals surface area contributed by atoms with Crippen LogP contribution in [0.1, 0.15) is 13.3 Å². The molecule has 0 bridgehead atoms. The summed E-state index contributed by atoms with van der Waals surface area (Å²) in [7, 11) is 0. The number of piperazine rings is 1. The van der Waals surface area contributed by atoms with Gasteiger partial charge in [0.05, 0.1) is 0 Å². The predicted octanol–water partition coefficient (Wildman–Crippen LogP) is -0.110. The molecule has 0 saturated carbocycles. The highest BCUT2D eigenvalue weighted by Gasteiger charge is 2.25. The molecule has 0 radical (unpaired) electrons. The molecule has 76 valence electrons. The van der Waals surface area contributed by atoms with Gasteiger partial charge < -0.3 is 15.5 Å². The van der Waals surface area contributed by atoms with Gasteiger partial charge >= 0.3 is 0 Å². The first-order chi connectivity index (χ1) is 6.36. The lowest BCUT2D eigenvalue weighted by atomic mass is 10.0. The van der Waals surface area contributed by atoms with Crippen LogP contribution in [0.2, 0.25) is 0 Å². The Morgan fingerprint density at radius 1 is 1.23 bits per heavy atom. The van der Waals surface area contributed by atoms with Gasteiger partial charge in [-0.2, -0.15) is 0 Å². The summed E-state index contributed by atoms with van der Waals surface area (Å²) in [5.41, 5.74) is 0. The Balaban J connectivity index is 1.75. The smallest absolute Gasteiger partial charge is 0.0107 e. The molecule has 0 unspecified atom stereocenters. The Kier molecular flexibility index (Phi) is 3.19. The van der Waals surface area contributed by atoms with E-state index < -0.39 is 0 Å². The second-order valence-electron chi connectivity index (χ2n) is 4.34. The first-order valence-electron chi connectivity index (χ1n) is 5.53. The molecule has 3 heteroatoms. The number of hydrogen-bond donors (Lipinski definition) is 2. The number of nitrogens with one attached hydrogen (secondary N) is 2. The Morgan fingerprint density at radius 2 is 2.00 bits per heavy atom. The van der Waals surface area contributed by atoms with Crippen LogP contribution in [-0.2, 0) is 0 Å². The first-order valence-corrected chi connectivity index (χ1v) is 5.53. The van der Waals surface area contributed by atoms with Gasteiger partial charge in [0.15, 0.2) is 0 Å². The maximum absolute atomic E-state index is 3.52. The van der Waals surface area contributed by atoms with Crippen molar-refractivity contribution < 1.29 is 0 Å². The highest BCUT2D eigenvalue weighted by molar-refractivity contribution is 4.83. The molecule has 0 spiro atoms. The van der Waals surface area contributed by atoms with E-state index in [0.29, 0.717) is 0 Å². The highest BCUT2D eigenvalue weighted by atomic mass is 15.2. The summed E-state index contributed by atoms with van der Waals surface area (Å²) in [6.45, 7) is 9.67. The molecule has 2 N–H and O–H groups in total. The molecule has 13 heavy (non-hydrogen) atoms. The molecule has 0 aromatic carbocycles. The molecular weight excluding hydrogens is 162 g/mol. The largest absolute Gasteiger partial charge is 0.314 e. The second kappa shape index (κ2) is 4.40. The van der Waals surface area contributed by atoms with Crippen molar-refractivity contribution in [1.82, 2.24) is 15.5 Å². The number of rotatable bonds is 2. The van der Waals surface area contributed by atoms with E-state index in [2.05, 4.69) is 22.5 Å². The van der Waals surface area contributed by atoms with E-state index in [0.717, 1.165) is 12.0 Å². The second-order valence-corrected chi connectivity index (χ2v) is 4.34. The van der Waals surface area contributed by atoms with Gasteiger partial charge in [0.1, 0.15) is 0 Å². The minimum Gasteiger partial charge on any atom is -0.314 e. The Morgan fingerprint density at radius 3 is 2.62 bits per heavy atom. The lowest BCUT2D eigenvalue weighted by molar-refractivity contribution is 0.200. The third-order valence-electron chi connectivity index (χ3n) is 3.39. The maximum atomic E-state index is 3.52. The zero-order valence-electron chi connectivity index (χ0n) is 8.55. The van der Waals surface area contributed by atoms with Crippen LogP contribution in [-0.4, -0.2) is 50.2 Å². The molecule has 2 heterocycles. The van der Waals surface area contributed by atoms with Gasteiger partial charge in [-0.3, -0.25) is 0 Å². The number of nitrogens with zero attached hydrogens (tertiary/aromatic N) is 1. The van der Waals surface area contributed by atoms with Gasteiger partial charge in [0, 0.05) is 38.8 Å². The molecule has 0 aromatic heterocycles. The summed E-state index contributed by atoms with van der Waals surface area (Å²) in [6.07, 6.45) is 1.37. The SMILES string of the molecule is C[C@H]1NCC[C@@H]1CN1CCNCC1. The van der Waals surface area contributed by atoms with E-state index in [1.807, 2.05) is 0 Å². The Labute approximate surface area is 80.9 Å². The molecule has 2 aliphatic heterocycles. The van der Waals surface area contributed by atoms with Gasteiger partial charge in [-0.15, -0.1) is 0 Å². The lowest BCUT2D eigenvalue weighted by Crippen LogP contribution is -2.46. The summed E-state index contributed by atoms with van der Waals surface area (Å²) < 4.78 is 0. The van der Waals surface area contributed by atoms with Crippen molar-refractivity contribution in [3.63, 3.8) is 0 Å². The van der Waals surface area contributed by atoms with Gasteiger partial charge in [-0.05, 0) is 25.8 Å². The lowest BCUT2D eigenvalue weighted by Gasteiger charge is -2.30. The molecule has 2 atom stereocenters. The summed E-state index contributed by atoms with van der Waals surface area (Å²) in [4.78, 5) is 2.60. The standard InChI is InChI=1S/C10H21N3/c1-9-10(2-3-12-9)8-13-6-4-11-5-7-13/h9-12H,2-8H2,1H3/t9-,10-/m1/s1. The van der Waals surface area contributed by atoms with Crippen LogP contribution < -0.4 is 10.6 Å². The van der Waals surface area contributed by atoms with Crippen molar-refractivity contribution in [2.24, 2.45) is 5.92 Å². The maximum Gasteiger partial charge on any atom is 0.0107 e. The van der Waals surface area contributed by atoms with Crippen LogP contribution in [0.25, 0.3) is 0 Å². The van der Waals surface area contributed by atoms with E-state index >= 15 is 0 Å². The fourth-order valence-corrected chi connectivity index (χ4v) is 2.39. The molecule has 2 rings (SSSR count). The first kappa shape index (κ1) is 9.44. The predicted molar refractivity (Wildman–Crippen MR) is 54.9 cm³/mol. The van der Waals surface area contributed by atoms with Crippen LogP contribution in [0.5, 0.6) is 0 Å². The van der Waals surface area contributed by atoms with Crippen LogP contribution in [0.3, 0.4) is 0 Å². The van der Waals surface area contributed by atoms with Crippen molar-refractivity contribution in [2.45, 2.75) is 19.4 Å². The molecule has 0 amide bonds. The topological polar surface area (TPSA) is 27.3 Å². The van der Waals surface area contributed by atoms with Crippen molar-refractivity contribution in [3.8, 4) is 0 Å². The molecule has 2 fully saturated rings. The quantitative estimate of drug-likeness (QED) is 0.625. The summed E-state index contributed by atoms with van der Waals surface area (Å²) in [6, 6.07) is 0.731. The molecule has 3 nitrogen and oxygen atoms in total. The zero-order chi connectivity index (χ0) is 9.10. The molecular formula is C10H21N3. The van der Waals surface area contributed by atoms with Crippen LogP contribution in [0.4, 0.5) is 0 Å². The van der Waals surface area contributed by atoms with E-state index in [1.165, 1.54) is 45.7 Å². The minimum atomic E-state index is 0.731. The molecule has 0 aliphatic carbocycles. The number of hydrogen-bond acceptors (Lipinski definition) is 3. The normalized spacial score (nSPS) is 36.7.